The lowest BCUT2D eigenvalue weighted by atomic mass is 9.77. The Morgan fingerprint density at radius 3 is 1.81 bits per heavy atom. The predicted octanol–water partition coefficient (Wildman–Crippen LogP) is 10.4. The minimum absolute atomic E-state index is 0.536. The Hall–Kier alpha value is -1.96. The zero-order valence-corrected chi connectivity index (χ0v) is 19.8. The first-order chi connectivity index (χ1) is 15.7. The molecule has 0 atom stereocenters. The maximum Gasteiger partial charge on any atom is 0.270 e. The van der Waals surface area contributed by atoms with Gasteiger partial charge in [0.2, 0.25) is 0 Å². The molecular weight excluding hydrogens is 398 g/mol. The van der Waals surface area contributed by atoms with Crippen LogP contribution in [0.3, 0.4) is 0 Å². The smallest absolute Gasteiger partial charge is 0.173 e. The molecule has 0 aromatic heterocycles. The highest BCUT2D eigenvalue weighted by Crippen LogP contribution is 2.38. The SMILES string of the molecule is CCCCCCCCCC[C@H]1CC[C@H](c2ccc(-c3ccc(C=C(F)F)cc3)cc2)CC1. The van der Waals surface area contributed by atoms with Crippen molar-refractivity contribution in [1.29, 1.82) is 0 Å². The lowest BCUT2D eigenvalue weighted by Gasteiger charge is -2.29. The van der Waals surface area contributed by atoms with Gasteiger partial charge >= 0.3 is 0 Å². The van der Waals surface area contributed by atoms with Crippen LogP contribution < -0.4 is 0 Å². The van der Waals surface area contributed by atoms with E-state index in [0.717, 1.165) is 23.1 Å². The van der Waals surface area contributed by atoms with Gasteiger partial charge in [-0.1, -0.05) is 113 Å². The molecule has 0 heterocycles. The molecule has 1 fully saturated rings. The first-order valence-electron chi connectivity index (χ1n) is 12.9. The summed E-state index contributed by atoms with van der Waals surface area (Å²) >= 11 is 0. The minimum Gasteiger partial charge on any atom is -0.173 e. The van der Waals surface area contributed by atoms with Crippen LogP contribution in [0.5, 0.6) is 0 Å². The Kier molecular flexibility index (Phi) is 10.5. The summed E-state index contributed by atoms with van der Waals surface area (Å²) < 4.78 is 24.8. The van der Waals surface area contributed by atoms with Gasteiger partial charge in [0.05, 0.1) is 0 Å². The summed E-state index contributed by atoms with van der Waals surface area (Å²) in [6, 6.07) is 16.2. The molecular formula is C30H40F2. The van der Waals surface area contributed by atoms with Crippen LogP contribution in [0.4, 0.5) is 8.78 Å². The number of benzene rings is 2. The summed E-state index contributed by atoms with van der Waals surface area (Å²) in [5, 5.41) is 0. The maximum atomic E-state index is 12.4. The molecule has 0 bridgehead atoms. The van der Waals surface area contributed by atoms with Crippen LogP contribution in [0.2, 0.25) is 0 Å². The molecule has 0 spiro atoms. The standard InChI is InChI=1S/C30H40F2/c1-2-3-4-5-6-7-8-9-10-24-11-15-26(16-12-24)28-19-21-29(22-20-28)27-17-13-25(14-18-27)23-30(31)32/h13-14,17-24,26H,2-12,15-16H2,1H3/t24-,26-. The quantitative estimate of drug-likeness (QED) is 0.289. The fraction of sp³-hybridized carbons (Fsp3) is 0.533. The van der Waals surface area contributed by atoms with E-state index < -0.39 is 6.08 Å². The van der Waals surface area contributed by atoms with Crippen LogP contribution in [-0.4, -0.2) is 0 Å². The van der Waals surface area contributed by atoms with E-state index in [1.165, 1.54) is 89.0 Å². The number of hydrogen-bond acceptors (Lipinski definition) is 0. The summed E-state index contributed by atoms with van der Waals surface area (Å²) in [6.45, 7) is 2.28. The topological polar surface area (TPSA) is 0 Å². The van der Waals surface area contributed by atoms with Crippen LogP contribution in [0, 0.1) is 5.92 Å². The number of halogens is 2. The average molecular weight is 439 g/mol. The third kappa shape index (κ3) is 8.19. The average Bonchev–Trinajstić information content (AvgIpc) is 2.81. The molecule has 32 heavy (non-hydrogen) atoms. The van der Waals surface area contributed by atoms with Crippen molar-refractivity contribution in [3.05, 3.63) is 65.7 Å². The third-order valence-electron chi connectivity index (χ3n) is 7.21. The Balaban J connectivity index is 1.38. The normalized spacial score (nSPS) is 18.5. The zero-order chi connectivity index (χ0) is 22.6. The van der Waals surface area contributed by atoms with Crippen molar-refractivity contribution in [2.24, 2.45) is 5.92 Å². The molecule has 1 aliphatic rings. The Labute approximate surface area is 194 Å². The van der Waals surface area contributed by atoms with Crippen LogP contribution in [0.1, 0.15) is 107 Å². The van der Waals surface area contributed by atoms with E-state index in [9.17, 15) is 8.78 Å². The van der Waals surface area contributed by atoms with E-state index in [-0.39, 0.29) is 0 Å². The van der Waals surface area contributed by atoms with Gasteiger partial charge in [-0.05, 0) is 59.8 Å². The van der Waals surface area contributed by atoms with Crippen molar-refractivity contribution in [3.8, 4) is 11.1 Å². The van der Waals surface area contributed by atoms with Gasteiger partial charge < -0.3 is 0 Å². The van der Waals surface area contributed by atoms with E-state index in [0.29, 0.717) is 11.5 Å². The molecule has 0 nitrogen and oxygen atoms in total. The summed E-state index contributed by atoms with van der Waals surface area (Å²) in [6.07, 6.45) is 17.4. The lowest BCUT2D eigenvalue weighted by Crippen LogP contribution is -2.13. The van der Waals surface area contributed by atoms with E-state index in [4.69, 9.17) is 0 Å². The lowest BCUT2D eigenvalue weighted by molar-refractivity contribution is 0.302. The molecule has 0 amide bonds. The van der Waals surface area contributed by atoms with Gasteiger partial charge in [0.1, 0.15) is 0 Å². The molecule has 2 aromatic carbocycles. The Morgan fingerprint density at radius 2 is 1.25 bits per heavy atom. The number of hydrogen-bond donors (Lipinski definition) is 0. The number of unbranched alkanes of at least 4 members (excludes halogenated alkanes) is 7. The van der Waals surface area contributed by atoms with Crippen molar-refractivity contribution in [1.82, 2.24) is 0 Å². The van der Waals surface area contributed by atoms with E-state index >= 15 is 0 Å². The molecule has 0 saturated heterocycles. The number of rotatable bonds is 12. The van der Waals surface area contributed by atoms with E-state index in [2.05, 4.69) is 31.2 Å². The molecule has 0 aliphatic heterocycles. The Morgan fingerprint density at radius 1 is 0.719 bits per heavy atom. The fourth-order valence-electron chi connectivity index (χ4n) is 5.20. The van der Waals surface area contributed by atoms with Crippen molar-refractivity contribution >= 4 is 6.08 Å². The third-order valence-corrected chi connectivity index (χ3v) is 7.21. The second kappa shape index (κ2) is 13.6. The molecule has 0 radical (unpaired) electrons. The van der Waals surface area contributed by atoms with Gasteiger partial charge in [-0.15, -0.1) is 0 Å². The minimum atomic E-state index is -1.66. The van der Waals surface area contributed by atoms with Gasteiger partial charge in [-0.3, -0.25) is 0 Å². The monoisotopic (exact) mass is 438 g/mol. The summed E-state index contributed by atoms with van der Waals surface area (Å²) in [7, 11) is 0. The van der Waals surface area contributed by atoms with Crippen molar-refractivity contribution in [3.63, 3.8) is 0 Å². The van der Waals surface area contributed by atoms with Crippen molar-refractivity contribution in [2.75, 3.05) is 0 Å². The molecule has 1 saturated carbocycles. The molecule has 0 unspecified atom stereocenters. The van der Waals surface area contributed by atoms with Gasteiger partial charge in [0.15, 0.2) is 0 Å². The second-order valence-electron chi connectivity index (χ2n) is 9.66. The van der Waals surface area contributed by atoms with Crippen molar-refractivity contribution < 1.29 is 8.78 Å². The maximum absolute atomic E-state index is 12.4. The molecule has 2 heteroatoms. The van der Waals surface area contributed by atoms with E-state index in [1.54, 1.807) is 12.1 Å². The van der Waals surface area contributed by atoms with Gasteiger partial charge in [-0.2, -0.15) is 8.78 Å². The van der Waals surface area contributed by atoms with Crippen LogP contribution in [-0.2, 0) is 0 Å². The van der Waals surface area contributed by atoms with Crippen LogP contribution in [0.15, 0.2) is 54.6 Å². The second-order valence-corrected chi connectivity index (χ2v) is 9.66. The molecule has 0 N–H and O–H groups in total. The highest BCUT2D eigenvalue weighted by atomic mass is 19.3. The highest BCUT2D eigenvalue weighted by Gasteiger charge is 2.22. The molecule has 3 rings (SSSR count). The molecule has 1 aliphatic carbocycles. The van der Waals surface area contributed by atoms with Gasteiger partial charge in [-0.25, -0.2) is 0 Å². The van der Waals surface area contributed by atoms with Gasteiger partial charge in [0.25, 0.3) is 6.08 Å². The fourth-order valence-corrected chi connectivity index (χ4v) is 5.20. The van der Waals surface area contributed by atoms with Gasteiger partial charge in [0, 0.05) is 6.08 Å². The summed E-state index contributed by atoms with van der Waals surface area (Å²) in [5.41, 5.74) is 4.21. The molecule has 174 valence electrons. The van der Waals surface area contributed by atoms with Crippen LogP contribution >= 0.6 is 0 Å². The Bertz CT molecular complexity index is 792. The largest absolute Gasteiger partial charge is 0.270 e. The zero-order valence-electron chi connectivity index (χ0n) is 19.8. The predicted molar refractivity (Wildman–Crippen MR) is 134 cm³/mol. The first-order valence-corrected chi connectivity index (χ1v) is 12.9. The van der Waals surface area contributed by atoms with Crippen molar-refractivity contribution in [2.45, 2.75) is 96.3 Å². The van der Waals surface area contributed by atoms with E-state index in [1.807, 2.05) is 12.1 Å². The van der Waals surface area contributed by atoms with Crippen LogP contribution in [0.25, 0.3) is 17.2 Å². The summed E-state index contributed by atoms with van der Waals surface area (Å²) in [5.74, 6) is 1.63. The summed E-state index contributed by atoms with van der Waals surface area (Å²) in [4.78, 5) is 0. The first kappa shape index (κ1) is 24.7. The molecule has 2 aromatic rings. The highest BCUT2D eigenvalue weighted by molar-refractivity contribution is 5.66.